The van der Waals surface area contributed by atoms with Gasteiger partial charge in [0.1, 0.15) is 5.82 Å². The van der Waals surface area contributed by atoms with Gasteiger partial charge in [-0.2, -0.15) is 12.6 Å². The predicted octanol–water partition coefficient (Wildman–Crippen LogP) is 2.07. The van der Waals surface area contributed by atoms with Crippen molar-refractivity contribution >= 4 is 12.6 Å². The van der Waals surface area contributed by atoms with Crippen LogP contribution >= 0.6 is 12.6 Å². The van der Waals surface area contributed by atoms with E-state index in [0.717, 1.165) is 23.7 Å². The Morgan fingerprint density at radius 1 is 1.50 bits per heavy atom. The van der Waals surface area contributed by atoms with Crippen LogP contribution in [0.5, 0.6) is 0 Å². The normalized spacial score (nSPS) is 10.7. The second-order valence-corrected chi connectivity index (χ2v) is 3.47. The molecule has 1 aromatic rings. The van der Waals surface area contributed by atoms with E-state index in [1.807, 2.05) is 12.3 Å². The lowest BCUT2D eigenvalue weighted by molar-refractivity contribution is 0.788. The summed E-state index contributed by atoms with van der Waals surface area (Å²) in [7, 11) is 0. The molecule has 0 spiro atoms. The summed E-state index contributed by atoms with van der Waals surface area (Å²) in [5, 5.41) is 0. The fourth-order valence-electron chi connectivity index (χ4n) is 0.957. The Bertz CT molecular complexity index is 248. The Kier molecular flexibility index (Phi) is 3.53. The summed E-state index contributed by atoms with van der Waals surface area (Å²) < 4.78 is 0. The van der Waals surface area contributed by atoms with Gasteiger partial charge in [-0.05, 0) is 17.7 Å². The molecule has 12 heavy (non-hydrogen) atoms. The highest BCUT2D eigenvalue weighted by atomic mass is 32.1. The summed E-state index contributed by atoms with van der Waals surface area (Å²) in [4.78, 5) is 8.55. The third-order valence-corrected chi connectivity index (χ3v) is 1.88. The van der Waals surface area contributed by atoms with Crippen LogP contribution < -0.4 is 0 Å². The lowest BCUT2D eigenvalue weighted by Gasteiger charge is -2.04. The molecule has 2 nitrogen and oxygen atoms in total. The van der Waals surface area contributed by atoms with E-state index in [9.17, 15) is 0 Å². The molecular weight excluding hydrogens is 168 g/mol. The summed E-state index contributed by atoms with van der Waals surface area (Å²) >= 11 is 4.14. The molecule has 0 aliphatic heterocycles. The van der Waals surface area contributed by atoms with Gasteiger partial charge in [-0.3, -0.25) is 0 Å². The topological polar surface area (TPSA) is 25.8 Å². The van der Waals surface area contributed by atoms with E-state index in [-0.39, 0.29) is 0 Å². The highest BCUT2D eigenvalue weighted by Gasteiger charge is 2.01. The van der Waals surface area contributed by atoms with Crippen LogP contribution in [0, 0.1) is 0 Å². The molecule has 66 valence electrons. The van der Waals surface area contributed by atoms with Crippen LogP contribution in [-0.2, 0) is 6.42 Å². The minimum absolute atomic E-state index is 0.478. The number of nitrogens with zero attached hydrogens (tertiary/aromatic N) is 2. The summed E-state index contributed by atoms with van der Waals surface area (Å²) in [6.45, 7) is 4.26. The number of thiol groups is 1. The van der Waals surface area contributed by atoms with Gasteiger partial charge in [0.2, 0.25) is 0 Å². The minimum Gasteiger partial charge on any atom is -0.241 e. The molecule has 3 heteroatoms. The molecule has 0 bridgehead atoms. The summed E-state index contributed by atoms with van der Waals surface area (Å²) in [6, 6.07) is 1.96. The van der Waals surface area contributed by atoms with Crippen molar-refractivity contribution in [1.29, 1.82) is 0 Å². The number of rotatable bonds is 3. The smallest absolute Gasteiger partial charge is 0.129 e. The molecule has 0 atom stereocenters. The van der Waals surface area contributed by atoms with E-state index in [0.29, 0.717) is 5.92 Å². The molecular formula is C9H14N2S. The van der Waals surface area contributed by atoms with Gasteiger partial charge in [0, 0.05) is 18.3 Å². The quantitative estimate of drug-likeness (QED) is 0.724. The predicted molar refractivity (Wildman–Crippen MR) is 53.7 cm³/mol. The van der Waals surface area contributed by atoms with Gasteiger partial charge in [-0.25, -0.2) is 9.97 Å². The van der Waals surface area contributed by atoms with E-state index in [2.05, 4.69) is 36.4 Å². The molecule has 0 radical (unpaired) electrons. The molecule has 0 aliphatic carbocycles. The third-order valence-electron chi connectivity index (χ3n) is 1.65. The van der Waals surface area contributed by atoms with Crippen molar-refractivity contribution < 1.29 is 0 Å². The molecule has 0 N–H and O–H groups in total. The highest BCUT2D eigenvalue weighted by Crippen LogP contribution is 2.10. The van der Waals surface area contributed by atoms with Crippen LogP contribution in [0.4, 0.5) is 0 Å². The van der Waals surface area contributed by atoms with Gasteiger partial charge in [0.05, 0.1) is 0 Å². The van der Waals surface area contributed by atoms with Crippen LogP contribution in [-0.4, -0.2) is 15.7 Å². The van der Waals surface area contributed by atoms with Crippen molar-refractivity contribution in [2.45, 2.75) is 26.2 Å². The molecule has 1 heterocycles. The van der Waals surface area contributed by atoms with Crippen molar-refractivity contribution in [2.24, 2.45) is 0 Å². The molecule has 1 rings (SSSR count). The molecule has 0 unspecified atom stereocenters. The first-order valence-corrected chi connectivity index (χ1v) is 4.80. The van der Waals surface area contributed by atoms with E-state index in [1.54, 1.807) is 0 Å². The second-order valence-electron chi connectivity index (χ2n) is 3.03. The van der Waals surface area contributed by atoms with Crippen molar-refractivity contribution in [3.05, 3.63) is 23.8 Å². The van der Waals surface area contributed by atoms with E-state index in [1.165, 1.54) is 0 Å². The Balaban J connectivity index is 2.81. The molecule has 0 saturated carbocycles. The zero-order chi connectivity index (χ0) is 8.97. The molecule has 1 aromatic heterocycles. The van der Waals surface area contributed by atoms with E-state index < -0.39 is 0 Å². The summed E-state index contributed by atoms with van der Waals surface area (Å²) in [5.74, 6) is 2.18. The Morgan fingerprint density at radius 3 is 2.83 bits per heavy atom. The Hall–Kier alpha value is -0.570. The molecule has 0 fully saturated rings. The van der Waals surface area contributed by atoms with Crippen LogP contribution in [0.1, 0.15) is 31.3 Å². The largest absolute Gasteiger partial charge is 0.241 e. The number of aromatic nitrogens is 2. The van der Waals surface area contributed by atoms with Gasteiger partial charge < -0.3 is 0 Å². The van der Waals surface area contributed by atoms with Crippen molar-refractivity contribution in [1.82, 2.24) is 9.97 Å². The van der Waals surface area contributed by atoms with Crippen LogP contribution in [0.15, 0.2) is 12.3 Å². The standard InChI is InChI=1S/C9H14N2S/c1-7(2)8-3-5-10-9(11-8)4-6-12/h3,5,7,12H,4,6H2,1-2H3. The third kappa shape index (κ3) is 2.48. The lowest BCUT2D eigenvalue weighted by atomic mass is 10.1. The van der Waals surface area contributed by atoms with Gasteiger partial charge in [0.25, 0.3) is 0 Å². The first kappa shape index (κ1) is 9.52. The number of hydrogen-bond acceptors (Lipinski definition) is 3. The van der Waals surface area contributed by atoms with E-state index in [4.69, 9.17) is 0 Å². The van der Waals surface area contributed by atoms with E-state index >= 15 is 0 Å². The molecule has 0 aliphatic rings. The maximum Gasteiger partial charge on any atom is 0.129 e. The zero-order valence-corrected chi connectivity index (χ0v) is 8.38. The first-order valence-electron chi connectivity index (χ1n) is 4.16. The molecule has 0 saturated heterocycles. The fourth-order valence-corrected chi connectivity index (χ4v) is 1.16. The van der Waals surface area contributed by atoms with Crippen molar-refractivity contribution in [2.75, 3.05) is 5.75 Å². The Morgan fingerprint density at radius 2 is 2.25 bits per heavy atom. The second kappa shape index (κ2) is 4.45. The summed E-state index contributed by atoms with van der Waals surface area (Å²) in [5.41, 5.74) is 1.11. The van der Waals surface area contributed by atoms with Crippen molar-refractivity contribution in [3.63, 3.8) is 0 Å². The van der Waals surface area contributed by atoms with Gasteiger partial charge in [-0.15, -0.1) is 0 Å². The number of hydrogen-bond donors (Lipinski definition) is 1. The highest BCUT2D eigenvalue weighted by molar-refractivity contribution is 7.80. The van der Waals surface area contributed by atoms with Crippen LogP contribution in [0.2, 0.25) is 0 Å². The van der Waals surface area contributed by atoms with Gasteiger partial charge in [-0.1, -0.05) is 13.8 Å². The average Bonchev–Trinajstić information content (AvgIpc) is 2.05. The number of aryl methyl sites for hydroxylation is 1. The maximum absolute atomic E-state index is 4.40. The van der Waals surface area contributed by atoms with Crippen LogP contribution in [0.3, 0.4) is 0 Å². The van der Waals surface area contributed by atoms with Gasteiger partial charge >= 0.3 is 0 Å². The monoisotopic (exact) mass is 182 g/mol. The average molecular weight is 182 g/mol. The zero-order valence-electron chi connectivity index (χ0n) is 7.49. The molecule has 0 amide bonds. The first-order chi connectivity index (χ1) is 5.74. The Labute approximate surface area is 78.9 Å². The molecule has 0 aromatic carbocycles. The fraction of sp³-hybridized carbons (Fsp3) is 0.556. The van der Waals surface area contributed by atoms with Gasteiger partial charge in [0.15, 0.2) is 0 Å². The summed E-state index contributed by atoms with van der Waals surface area (Å²) in [6.07, 6.45) is 2.67. The van der Waals surface area contributed by atoms with Crippen LogP contribution in [0.25, 0.3) is 0 Å². The lowest BCUT2D eigenvalue weighted by Crippen LogP contribution is -2.00. The van der Waals surface area contributed by atoms with Crippen molar-refractivity contribution in [3.8, 4) is 0 Å². The maximum atomic E-state index is 4.40. The SMILES string of the molecule is CC(C)c1ccnc(CCS)n1. The minimum atomic E-state index is 0.478.